The Bertz CT molecular complexity index is 892. The second kappa shape index (κ2) is 5.58. The van der Waals surface area contributed by atoms with E-state index in [0.717, 1.165) is 40.6 Å². The number of rotatable bonds is 3. The van der Waals surface area contributed by atoms with Crippen LogP contribution in [0, 0.1) is 0 Å². The third kappa shape index (κ3) is 2.33. The number of methoxy groups -OCH3 is 1. The van der Waals surface area contributed by atoms with E-state index in [1.165, 1.54) is 30.4 Å². The lowest BCUT2D eigenvalue weighted by atomic mass is 9.89. The molecule has 3 heteroatoms. The largest absolute Gasteiger partial charge is 0.497 e. The van der Waals surface area contributed by atoms with Gasteiger partial charge in [0.15, 0.2) is 6.29 Å². The van der Waals surface area contributed by atoms with Gasteiger partial charge in [-0.3, -0.25) is 4.79 Å². The van der Waals surface area contributed by atoms with E-state index in [-0.39, 0.29) is 0 Å². The molecule has 1 aromatic heterocycles. The number of carbonyl (C=O) groups is 1. The summed E-state index contributed by atoms with van der Waals surface area (Å²) in [5.74, 6) is 0.761. The van der Waals surface area contributed by atoms with Gasteiger partial charge in [-0.15, -0.1) is 0 Å². The van der Waals surface area contributed by atoms with Gasteiger partial charge in [0.1, 0.15) is 5.75 Å². The van der Waals surface area contributed by atoms with Crippen LogP contribution >= 0.6 is 0 Å². The third-order valence-electron chi connectivity index (χ3n) is 4.80. The van der Waals surface area contributed by atoms with Gasteiger partial charge in [-0.25, -0.2) is 0 Å². The van der Waals surface area contributed by atoms with E-state index in [9.17, 15) is 4.79 Å². The summed E-state index contributed by atoms with van der Waals surface area (Å²) in [6.45, 7) is 0. The van der Waals surface area contributed by atoms with Crippen molar-refractivity contribution in [2.24, 2.45) is 0 Å². The van der Waals surface area contributed by atoms with Crippen molar-refractivity contribution >= 4 is 17.2 Å². The number of aryl methyl sites for hydroxylation is 2. The first-order valence-corrected chi connectivity index (χ1v) is 8.07. The lowest BCUT2D eigenvalue weighted by molar-refractivity contribution is 0.112. The molecule has 0 radical (unpaired) electrons. The Kier molecular flexibility index (Phi) is 3.41. The maximum Gasteiger partial charge on any atom is 0.152 e. The number of H-pyrrole nitrogens is 1. The summed E-state index contributed by atoms with van der Waals surface area (Å²) >= 11 is 0. The Hall–Kier alpha value is -2.55. The maximum absolute atomic E-state index is 11.7. The molecule has 0 atom stereocenters. The van der Waals surface area contributed by atoms with Crippen LogP contribution in [0.25, 0.3) is 22.2 Å². The molecule has 1 aliphatic carbocycles. The Morgan fingerprint density at radius 2 is 1.87 bits per heavy atom. The van der Waals surface area contributed by atoms with Gasteiger partial charge in [0.25, 0.3) is 0 Å². The van der Waals surface area contributed by atoms with E-state index in [2.05, 4.69) is 23.2 Å². The molecule has 0 unspecified atom stereocenters. The van der Waals surface area contributed by atoms with Gasteiger partial charge in [-0.1, -0.05) is 12.1 Å². The number of fused-ring (bicyclic) bond motifs is 2. The lowest BCUT2D eigenvalue weighted by Crippen LogP contribution is -2.02. The predicted octanol–water partition coefficient (Wildman–Crippen LogP) is 4.53. The summed E-state index contributed by atoms with van der Waals surface area (Å²) in [7, 11) is 1.64. The van der Waals surface area contributed by atoms with E-state index in [1.807, 2.05) is 18.2 Å². The van der Waals surface area contributed by atoms with Crippen LogP contribution in [-0.4, -0.2) is 18.4 Å². The molecular formula is C20H19NO2. The third-order valence-corrected chi connectivity index (χ3v) is 4.80. The van der Waals surface area contributed by atoms with Crippen LogP contribution in [0.3, 0.4) is 0 Å². The molecule has 0 fully saturated rings. The Balaban J connectivity index is 1.89. The Morgan fingerprint density at radius 1 is 1.04 bits per heavy atom. The van der Waals surface area contributed by atoms with Crippen molar-refractivity contribution < 1.29 is 9.53 Å². The number of nitrogens with one attached hydrogen (secondary N) is 1. The fraction of sp³-hybridized carbons (Fsp3) is 0.250. The fourth-order valence-electron chi connectivity index (χ4n) is 3.56. The van der Waals surface area contributed by atoms with Crippen molar-refractivity contribution in [3.8, 4) is 17.0 Å². The van der Waals surface area contributed by atoms with Crippen LogP contribution in [0.1, 0.15) is 34.3 Å². The second-order valence-corrected chi connectivity index (χ2v) is 6.13. The number of aromatic amines is 1. The Morgan fingerprint density at radius 3 is 2.65 bits per heavy atom. The van der Waals surface area contributed by atoms with Gasteiger partial charge < -0.3 is 9.72 Å². The lowest BCUT2D eigenvalue weighted by Gasteiger charge is -2.16. The second-order valence-electron chi connectivity index (χ2n) is 6.13. The molecule has 116 valence electrons. The van der Waals surface area contributed by atoms with Gasteiger partial charge in [-0.2, -0.15) is 0 Å². The topological polar surface area (TPSA) is 42.1 Å². The highest BCUT2D eigenvalue weighted by atomic mass is 16.5. The average molecular weight is 305 g/mol. The van der Waals surface area contributed by atoms with Gasteiger partial charge in [-0.05, 0) is 66.6 Å². The van der Waals surface area contributed by atoms with Crippen molar-refractivity contribution in [1.29, 1.82) is 0 Å². The summed E-state index contributed by atoms with van der Waals surface area (Å²) in [4.78, 5) is 15.1. The van der Waals surface area contributed by atoms with E-state index < -0.39 is 0 Å². The minimum atomic E-state index is 0.703. The summed E-state index contributed by atoms with van der Waals surface area (Å²) < 4.78 is 5.28. The molecule has 0 aliphatic heterocycles. The van der Waals surface area contributed by atoms with Crippen molar-refractivity contribution in [3.63, 3.8) is 0 Å². The minimum absolute atomic E-state index is 0.703. The van der Waals surface area contributed by atoms with E-state index in [1.54, 1.807) is 7.11 Å². The number of hydrogen-bond donors (Lipinski definition) is 1. The standard InChI is InChI=1S/C20H19NO2/c1-23-16-8-9-19-17(11-16)18(12-22)20(21-19)15-7-6-13-4-2-3-5-14(13)10-15/h6-12,21H,2-5H2,1H3. The first-order chi connectivity index (χ1) is 11.3. The molecule has 0 saturated carbocycles. The number of carbonyl (C=O) groups excluding carboxylic acids is 1. The Labute approximate surface area is 135 Å². The van der Waals surface area contributed by atoms with E-state index >= 15 is 0 Å². The molecule has 3 nitrogen and oxygen atoms in total. The fourth-order valence-corrected chi connectivity index (χ4v) is 3.56. The van der Waals surface area contributed by atoms with Crippen molar-refractivity contribution in [2.45, 2.75) is 25.7 Å². The number of hydrogen-bond acceptors (Lipinski definition) is 2. The zero-order chi connectivity index (χ0) is 15.8. The quantitative estimate of drug-likeness (QED) is 0.722. The summed E-state index contributed by atoms with van der Waals surface area (Å²) in [6.07, 6.45) is 5.76. The highest BCUT2D eigenvalue weighted by Gasteiger charge is 2.16. The van der Waals surface area contributed by atoms with E-state index in [4.69, 9.17) is 4.74 Å². The molecule has 0 saturated heterocycles. The number of benzene rings is 2. The maximum atomic E-state index is 11.7. The van der Waals surface area contributed by atoms with Crippen LogP contribution in [0.4, 0.5) is 0 Å². The summed E-state index contributed by atoms with van der Waals surface area (Å²) in [5.41, 5.74) is 6.52. The van der Waals surface area contributed by atoms with Gasteiger partial charge >= 0.3 is 0 Å². The average Bonchev–Trinajstić information content (AvgIpc) is 2.98. The van der Waals surface area contributed by atoms with Crippen LogP contribution in [0.15, 0.2) is 36.4 Å². The summed E-state index contributed by atoms with van der Waals surface area (Å²) in [5, 5.41) is 0.909. The van der Waals surface area contributed by atoms with Gasteiger partial charge in [0.05, 0.1) is 12.8 Å². The molecule has 3 aromatic rings. The van der Waals surface area contributed by atoms with Crippen molar-refractivity contribution in [3.05, 3.63) is 53.1 Å². The molecule has 23 heavy (non-hydrogen) atoms. The number of aromatic nitrogens is 1. The van der Waals surface area contributed by atoms with Crippen LogP contribution in [0.5, 0.6) is 5.75 Å². The van der Waals surface area contributed by atoms with Gasteiger partial charge in [0, 0.05) is 16.5 Å². The number of aldehydes is 1. The SMILES string of the molecule is COc1ccc2[nH]c(-c3ccc4c(c3)CCCC4)c(C=O)c2c1. The molecule has 2 aromatic carbocycles. The van der Waals surface area contributed by atoms with Crippen LogP contribution in [0.2, 0.25) is 0 Å². The molecule has 0 spiro atoms. The highest BCUT2D eigenvalue weighted by molar-refractivity contribution is 6.04. The normalized spacial score (nSPS) is 13.8. The molecule has 4 rings (SSSR count). The zero-order valence-electron chi connectivity index (χ0n) is 13.2. The first kappa shape index (κ1) is 14.1. The van der Waals surface area contributed by atoms with E-state index in [0.29, 0.717) is 5.56 Å². The molecule has 1 aliphatic rings. The first-order valence-electron chi connectivity index (χ1n) is 8.07. The van der Waals surface area contributed by atoms with Crippen molar-refractivity contribution in [2.75, 3.05) is 7.11 Å². The molecule has 0 amide bonds. The zero-order valence-corrected chi connectivity index (χ0v) is 13.2. The summed E-state index contributed by atoms with van der Waals surface area (Å²) in [6, 6.07) is 12.4. The molecule has 1 N–H and O–H groups in total. The molecule has 1 heterocycles. The number of ether oxygens (including phenoxy) is 1. The predicted molar refractivity (Wildman–Crippen MR) is 92.3 cm³/mol. The molecular weight excluding hydrogens is 286 g/mol. The van der Waals surface area contributed by atoms with Gasteiger partial charge in [0.2, 0.25) is 0 Å². The van der Waals surface area contributed by atoms with Crippen LogP contribution < -0.4 is 4.74 Å². The van der Waals surface area contributed by atoms with Crippen molar-refractivity contribution in [1.82, 2.24) is 4.98 Å². The monoisotopic (exact) mass is 305 g/mol. The smallest absolute Gasteiger partial charge is 0.152 e. The molecule has 0 bridgehead atoms. The minimum Gasteiger partial charge on any atom is -0.497 e. The highest BCUT2D eigenvalue weighted by Crippen LogP contribution is 2.33. The van der Waals surface area contributed by atoms with Crippen LogP contribution in [-0.2, 0) is 12.8 Å².